The van der Waals surface area contributed by atoms with E-state index in [-0.39, 0.29) is 12.0 Å². The lowest BCUT2D eigenvalue weighted by Gasteiger charge is -2.32. The number of para-hydroxylation sites is 2. The van der Waals surface area contributed by atoms with E-state index >= 15 is 0 Å². The SMILES string of the molecule is O=C(Cc1ccc(-c2ccccc2)cc1)N1CCC(Oc2cnc3ccccc3n2)CC1. The minimum absolute atomic E-state index is 0.0552. The molecule has 3 aromatic carbocycles. The maximum atomic E-state index is 12.8. The number of aromatic nitrogens is 2. The summed E-state index contributed by atoms with van der Waals surface area (Å²) in [5.41, 5.74) is 5.08. The molecule has 4 aromatic rings. The Hall–Kier alpha value is -3.73. The van der Waals surface area contributed by atoms with E-state index < -0.39 is 0 Å². The number of hydrogen-bond donors (Lipinski definition) is 0. The Bertz CT molecular complexity index is 1200. The molecule has 5 rings (SSSR count). The highest BCUT2D eigenvalue weighted by atomic mass is 16.5. The van der Waals surface area contributed by atoms with Crippen LogP contribution in [0.25, 0.3) is 22.2 Å². The van der Waals surface area contributed by atoms with Gasteiger partial charge in [-0.05, 0) is 28.8 Å². The smallest absolute Gasteiger partial charge is 0.233 e. The van der Waals surface area contributed by atoms with Crippen LogP contribution in [0.1, 0.15) is 18.4 Å². The van der Waals surface area contributed by atoms with Crippen molar-refractivity contribution in [2.24, 2.45) is 0 Å². The predicted molar refractivity (Wildman–Crippen MR) is 125 cm³/mol. The van der Waals surface area contributed by atoms with E-state index in [1.807, 2.05) is 47.4 Å². The minimum atomic E-state index is 0.0552. The first-order chi connectivity index (χ1) is 15.7. The van der Waals surface area contributed by atoms with E-state index in [1.54, 1.807) is 6.20 Å². The van der Waals surface area contributed by atoms with Crippen molar-refractivity contribution in [2.75, 3.05) is 13.1 Å². The van der Waals surface area contributed by atoms with Crippen LogP contribution in [0.5, 0.6) is 5.88 Å². The van der Waals surface area contributed by atoms with Crippen LogP contribution in [-0.2, 0) is 11.2 Å². The summed E-state index contributed by atoms with van der Waals surface area (Å²) in [6, 6.07) is 26.3. The molecule has 0 saturated carbocycles. The molecule has 0 spiro atoms. The minimum Gasteiger partial charge on any atom is -0.473 e. The molecule has 1 aliphatic rings. The zero-order chi connectivity index (χ0) is 21.8. The molecule has 5 nitrogen and oxygen atoms in total. The van der Waals surface area contributed by atoms with E-state index in [1.165, 1.54) is 5.56 Å². The molecular weight excluding hydrogens is 398 g/mol. The summed E-state index contributed by atoms with van der Waals surface area (Å²) in [6.07, 6.45) is 3.76. The number of likely N-dealkylation sites (tertiary alicyclic amines) is 1. The van der Waals surface area contributed by atoms with Crippen molar-refractivity contribution in [1.29, 1.82) is 0 Å². The van der Waals surface area contributed by atoms with Crippen LogP contribution in [0.2, 0.25) is 0 Å². The highest BCUT2D eigenvalue weighted by molar-refractivity contribution is 5.79. The van der Waals surface area contributed by atoms with Crippen LogP contribution in [0, 0.1) is 0 Å². The number of nitrogens with zero attached hydrogens (tertiary/aromatic N) is 3. The Morgan fingerprint density at radius 1 is 0.844 bits per heavy atom. The normalized spacial score (nSPS) is 14.4. The van der Waals surface area contributed by atoms with Gasteiger partial charge in [0.1, 0.15) is 6.10 Å². The van der Waals surface area contributed by atoms with Gasteiger partial charge in [0.25, 0.3) is 0 Å². The summed E-state index contributed by atoms with van der Waals surface area (Å²) in [6.45, 7) is 1.40. The number of piperidine rings is 1. The third kappa shape index (κ3) is 4.62. The number of fused-ring (bicyclic) bond motifs is 1. The summed E-state index contributed by atoms with van der Waals surface area (Å²) >= 11 is 0. The summed E-state index contributed by atoms with van der Waals surface area (Å²) in [5, 5.41) is 0. The van der Waals surface area contributed by atoms with E-state index in [2.05, 4.69) is 46.4 Å². The second-order valence-corrected chi connectivity index (χ2v) is 8.13. The van der Waals surface area contributed by atoms with Crippen LogP contribution in [0.15, 0.2) is 85.1 Å². The van der Waals surface area contributed by atoms with Crippen molar-refractivity contribution in [3.05, 3.63) is 90.6 Å². The first-order valence-corrected chi connectivity index (χ1v) is 11.1. The summed E-state index contributed by atoms with van der Waals surface area (Å²) < 4.78 is 6.05. The van der Waals surface area contributed by atoms with E-state index in [0.29, 0.717) is 25.4 Å². The molecule has 5 heteroatoms. The number of amides is 1. The number of carbonyl (C=O) groups is 1. The lowest BCUT2D eigenvalue weighted by molar-refractivity contribution is -0.132. The average molecular weight is 424 g/mol. The highest BCUT2D eigenvalue weighted by Crippen LogP contribution is 2.22. The molecule has 0 radical (unpaired) electrons. The summed E-state index contributed by atoms with van der Waals surface area (Å²) in [7, 11) is 0. The van der Waals surface area contributed by atoms with E-state index in [4.69, 9.17) is 4.74 Å². The Balaban J connectivity index is 1.14. The van der Waals surface area contributed by atoms with Crippen molar-refractivity contribution >= 4 is 16.9 Å². The van der Waals surface area contributed by atoms with Crippen molar-refractivity contribution in [2.45, 2.75) is 25.4 Å². The third-order valence-electron chi connectivity index (χ3n) is 5.92. The van der Waals surface area contributed by atoms with Crippen molar-refractivity contribution in [3.8, 4) is 17.0 Å². The van der Waals surface area contributed by atoms with Crippen molar-refractivity contribution < 1.29 is 9.53 Å². The van der Waals surface area contributed by atoms with E-state index in [0.717, 1.165) is 35.0 Å². The number of hydrogen-bond acceptors (Lipinski definition) is 4. The topological polar surface area (TPSA) is 55.3 Å². The maximum Gasteiger partial charge on any atom is 0.233 e. The van der Waals surface area contributed by atoms with Gasteiger partial charge in [-0.1, -0.05) is 66.7 Å². The first-order valence-electron chi connectivity index (χ1n) is 11.1. The standard InChI is InChI=1S/C27H25N3O2/c31-27(18-20-10-12-22(13-11-20)21-6-2-1-3-7-21)30-16-14-23(15-17-30)32-26-19-28-24-8-4-5-9-25(24)29-26/h1-13,19,23H,14-18H2. The third-order valence-corrected chi connectivity index (χ3v) is 5.92. The van der Waals surface area contributed by atoms with Crippen LogP contribution in [0.4, 0.5) is 0 Å². The average Bonchev–Trinajstić information content (AvgIpc) is 2.85. The van der Waals surface area contributed by atoms with Gasteiger partial charge in [-0.2, -0.15) is 0 Å². The number of carbonyl (C=O) groups excluding carboxylic acids is 1. The molecule has 1 aliphatic heterocycles. The monoisotopic (exact) mass is 423 g/mol. The molecule has 1 aromatic heterocycles. The summed E-state index contributed by atoms with van der Waals surface area (Å²) in [4.78, 5) is 23.7. The van der Waals surface area contributed by atoms with Crippen molar-refractivity contribution in [1.82, 2.24) is 14.9 Å². The number of benzene rings is 3. The molecule has 0 aliphatic carbocycles. The molecular formula is C27H25N3O2. The van der Waals surface area contributed by atoms with Gasteiger partial charge in [0.05, 0.1) is 23.7 Å². The quantitative estimate of drug-likeness (QED) is 0.458. The van der Waals surface area contributed by atoms with Gasteiger partial charge in [0, 0.05) is 25.9 Å². The largest absolute Gasteiger partial charge is 0.473 e. The van der Waals surface area contributed by atoms with Gasteiger partial charge in [0.15, 0.2) is 0 Å². The molecule has 1 amide bonds. The lowest BCUT2D eigenvalue weighted by atomic mass is 10.0. The van der Waals surface area contributed by atoms with Crippen LogP contribution < -0.4 is 4.74 Å². The molecule has 0 bridgehead atoms. The van der Waals surface area contributed by atoms with Gasteiger partial charge >= 0.3 is 0 Å². The van der Waals surface area contributed by atoms with Crippen LogP contribution in [0.3, 0.4) is 0 Å². The van der Waals surface area contributed by atoms with Gasteiger partial charge in [-0.15, -0.1) is 0 Å². The fraction of sp³-hybridized carbons (Fsp3) is 0.222. The highest BCUT2D eigenvalue weighted by Gasteiger charge is 2.24. The molecule has 1 fully saturated rings. The molecule has 32 heavy (non-hydrogen) atoms. The van der Waals surface area contributed by atoms with Crippen LogP contribution in [-0.4, -0.2) is 40.0 Å². The van der Waals surface area contributed by atoms with Gasteiger partial charge in [-0.3, -0.25) is 4.79 Å². The predicted octanol–water partition coefficient (Wildman–Crippen LogP) is 4.91. The number of ether oxygens (including phenoxy) is 1. The fourth-order valence-corrected chi connectivity index (χ4v) is 4.12. The van der Waals surface area contributed by atoms with E-state index in [9.17, 15) is 4.79 Å². The number of rotatable bonds is 5. The molecule has 1 saturated heterocycles. The Morgan fingerprint density at radius 2 is 1.50 bits per heavy atom. The maximum absolute atomic E-state index is 12.8. The van der Waals surface area contributed by atoms with Gasteiger partial charge in [-0.25, -0.2) is 9.97 Å². The second-order valence-electron chi connectivity index (χ2n) is 8.13. The Labute approximate surface area is 187 Å². The van der Waals surface area contributed by atoms with Crippen molar-refractivity contribution in [3.63, 3.8) is 0 Å². The molecule has 160 valence electrons. The molecule has 0 atom stereocenters. The zero-order valence-corrected chi connectivity index (χ0v) is 17.9. The first kappa shape index (κ1) is 20.2. The second kappa shape index (κ2) is 9.18. The Morgan fingerprint density at radius 3 is 2.25 bits per heavy atom. The summed E-state index contributed by atoms with van der Waals surface area (Å²) in [5.74, 6) is 0.716. The lowest BCUT2D eigenvalue weighted by Crippen LogP contribution is -2.42. The zero-order valence-electron chi connectivity index (χ0n) is 17.9. The molecule has 2 heterocycles. The fourth-order valence-electron chi connectivity index (χ4n) is 4.12. The van der Waals surface area contributed by atoms with Gasteiger partial charge < -0.3 is 9.64 Å². The van der Waals surface area contributed by atoms with Crippen LogP contribution >= 0.6 is 0 Å². The Kier molecular flexibility index (Phi) is 5.79. The van der Waals surface area contributed by atoms with Gasteiger partial charge in [0.2, 0.25) is 11.8 Å². The molecule has 0 unspecified atom stereocenters. The molecule has 0 N–H and O–H groups in total.